The predicted molar refractivity (Wildman–Crippen MR) is 140 cm³/mol. The fourth-order valence-corrected chi connectivity index (χ4v) is 4.42. The summed E-state index contributed by atoms with van der Waals surface area (Å²) in [6.07, 6.45) is 3.45. The fraction of sp³-hybridized carbons (Fsp3) is 0.429. The highest BCUT2D eigenvalue weighted by Crippen LogP contribution is 2.33. The molecular weight excluding hydrogens is 443 g/mol. The number of aryl methyl sites for hydroxylation is 1. The van der Waals surface area contributed by atoms with Gasteiger partial charge in [0.05, 0.1) is 0 Å². The van der Waals surface area contributed by atoms with Crippen molar-refractivity contribution in [3.8, 4) is 0 Å². The molecule has 35 heavy (non-hydrogen) atoms. The maximum Gasteiger partial charge on any atom is 0.319 e. The van der Waals surface area contributed by atoms with Gasteiger partial charge in [0.1, 0.15) is 5.82 Å². The number of nitrogens with zero attached hydrogens (tertiary/aromatic N) is 3. The number of amides is 3. The zero-order valence-electron chi connectivity index (χ0n) is 21.5. The highest BCUT2D eigenvalue weighted by atomic mass is 19.1. The van der Waals surface area contributed by atoms with Gasteiger partial charge in [-0.15, -0.1) is 0 Å². The number of allylic oxidation sites excluding steroid dienone is 2. The first-order chi connectivity index (χ1) is 16.8. The van der Waals surface area contributed by atoms with Crippen LogP contribution in [-0.2, 0) is 0 Å². The Kier molecular flexibility index (Phi) is 8.90. The van der Waals surface area contributed by atoms with Crippen LogP contribution in [0.1, 0.15) is 56.5 Å². The average Bonchev–Trinajstić information content (AvgIpc) is 2.87. The van der Waals surface area contributed by atoms with Crippen molar-refractivity contribution in [1.29, 1.82) is 0 Å². The van der Waals surface area contributed by atoms with Gasteiger partial charge in [0.2, 0.25) is 0 Å². The molecule has 188 valence electrons. The van der Waals surface area contributed by atoms with Crippen LogP contribution < -0.4 is 10.2 Å². The van der Waals surface area contributed by atoms with Crippen LogP contribution in [0.5, 0.6) is 0 Å². The van der Waals surface area contributed by atoms with E-state index in [4.69, 9.17) is 0 Å². The molecule has 1 aliphatic heterocycles. The molecule has 2 aromatic rings. The van der Waals surface area contributed by atoms with Crippen LogP contribution in [-0.4, -0.2) is 54.0 Å². The molecule has 3 rings (SSSR count). The third-order valence-corrected chi connectivity index (χ3v) is 6.70. The minimum atomic E-state index is -0.290. The molecule has 0 aromatic heterocycles. The molecule has 0 radical (unpaired) electrons. The molecule has 0 saturated carbocycles. The van der Waals surface area contributed by atoms with Crippen molar-refractivity contribution in [3.05, 3.63) is 71.2 Å². The highest BCUT2D eigenvalue weighted by molar-refractivity contribution is 5.96. The summed E-state index contributed by atoms with van der Waals surface area (Å²) in [5.41, 5.74) is 4.26. The van der Waals surface area contributed by atoms with E-state index in [0.717, 1.165) is 35.5 Å². The molecule has 0 atom stereocenters. The van der Waals surface area contributed by atoms with E-state index < -0.39 is 0 Å². The predicted octanol–water partition coefficient (Wildman–Crippen LogP) is 5.85. The maximum absolute atomic E-state index is 13.5. The third kappa shape index (κ3) is 6.21. The normalized spacial score (nSPS) is 14.6. The van der Waals surface area contributed by atoms with E-state index >= 15 is 0 Å². The van der Waals surface area contributed by atoms with E-state index in [0.29, 0.717) is 31.7 Å². The lowest BCUT2D eigenvalue weighted by molar-refractivity contribution is 0.0911. The number of carbonyl (C=O) groups is 2. The molecular formula is C28H37FN4O2. The van der Waals surface area contributed by atoms with Crippen LogP contribution in [0.4, 0.5) is 20.6 Å². The van der Waals surface area contributed by atoms with Crippen LogP contribution in [0, 0.1) is 12.7 Å². The number of piperidine rings is 1. The van der Waals surface area contributed by atoms with Crippen LogP contribution in [0.2, 0.25) is 0 Å². The topological polar surface area (TPSA) is 55.9 Å². The minimum absolute atomic E-state index is 0.0264. The number of hydrogen-bond donors (Lipinski definition) is 1. The number of carbonyl (C=O) groups excluding carboxylic acids is 2. The Hall–Kier alpha value is -3.35. The number of likely N-dealkylation sites (tertiary alicyclic amines) is 1. The van der Waals surface area contributed by atoms with Crippen molar-refractivity contribution in [2.24, 2.45) is 0 Å². The summed E-state index contributed by atoms with van der Waals surface area (Å²) in [6, 6.07) is 12.1. The first-order valence-corrected chi connectivity index (χ1v) is 12.4. The first kappa shape index (κ1) is 26.3. The lowest BCUT2D eigenvalue weighted by Crippen LogP contribution is -2.50. The zero-order chi connectivity index (χ0) is 25.5. The summed E-state index contributed by atoms with van der Waals surface area (Å²) in [5.74, 6) is -0.418. The van der Waals surface area contributed by atoms with E-state index in [9.17, 15) is 14.0 Å². The molecule has 0 bridgehead atoms. The second kappa shape index (κ2) is 11.9. The van der Waals surface area contributed by atoms with Gasteiger partial charge in [-0.2, -0.15) is 0 Å². The number of halogens is 1. The van der Waals surface area contributed by atoms with E-state index in [2.05, 4.69) is 5.32 Å². The molecule has 2 aromatic carbocycles. The number of benzene rings is 2. The van der Waals surface area contributed by atoms with Gasteiger partial charge in [-0.1, -0.05) is 12.1 Å². The van der Waals surface area contributed by atoms with Crippen molar-refractivity contribution >= 4 is 23.3 Å². The molecule has 1 N–H and O–H groups in total. The minimum Gasteiger partial charge on any atom is -0.349 e. The van der Waals surface area contributed by atoms with Gasteiger partial charge in [0.25, 0.3) is 5.91 Å². The Balaban J connectivity index is 1.74. The summed E-state index contributed by atoms with van der Waals surface area (Å²) in [7, 11) is 0. The van der Waals surface area contributed by atoms with Gasteiger partial charge >= 0.3 is 6.03 Å². The van der Waals surface area contributed by atoms with E-state index in [1.54, 1.807) is 12.1 Å². The van der Waals surface area contributed by atoms with E-state index in [-0.39, 0.29) is 23.8 Å². The quantitative estimate of drug-likeness (QED) is 0.541. The van der Waals surface area contributed by atoms with E-state index in [1.807, 2.05) is 73.6 Å². The van der Waals surface area contributed by atoms with Gasteiger partial charge in [0, 0.05) is 54.9 Å². The largest absolute Gasteiger partial charge is 0.349 e. The summed E-state index contributed by atoms with van der Waals surface area (Å²) in [4.78, 5) is 31.5. The van der Waals surface area contributed by atoms with Gasteiger partial charge in [0.15, 0.2) is 0 Å². The number of anilines is 2. The zero-order valence-corrected chi connectivity index (χ0v) is 21.5. The van der Waals surface area contributed by atoms with Gasteiger partial charge in [-0.3, -0.25) is 4.79 Å². The summed E-state index contributed by atoms with van der Waals surface area (Å²) < 4.78 is 13.5. The van der Waals surface area contributed by atoms with Crippen LogP contribution >= 0.6 is 0 Å². The molecule has 1 fully saturated rings. The lowest BCUT2D eigenvalue weighted by atomic mass is 10.0. The lowest BCUT2D eigenvalue weighted by Gasteiger charge is -2.35. The standard InChI is InChI=1S/C28H37FN4O2/c1-6-21(5)33(25-13-11-23(29)12-14-25)26-19-22(10-9-20(26)4)27(34)30-24-15-17-32(18-16-24)28(35)31(7-2)8-3/h6,9-14,19,24H,7-8,15-18H2,1-5H3,(H,30,34)/b21-6-. The summed E-state index contributed by atoms with van der Waals surface area (Å²) in [5, 5.41) is 3.15. The SMILES string of the molecule is C/C=C(/C)N(c1ccc(F)cc1)c1cc(C(=O)NC2CCN(C(=O)N(CC)CC)CC2)ccc1C. The summed E-state index contributed by atoms with van der Waals surface area (Å²) >= 11 is 0. The van der Waals surface area contributed by atoms with Gasteiger partial charge in [-0.05, 0) is 89.4 Å². The highest BCUT2D eigenvalue weighted by Gasteiger charge is 2.26. The molecule has 1 heterocycles. The Labute approximate surface area is 208 Å². The number of nitrogens with one attached hydrogen (secondary N) is 1. The number of hydrogen-bond acceptors (Lipinski definition) is 3. The average molecular weight is 481 g/mol. The molecule has 0 unspecified atom stereocenters. The molecule has 0 spiro atoms. The smallest absolute Gasteiger partial charge is 0.319 e. The van der Waals surface area contributed by atoms with Crippen LogP contribution in [0.25, 0.3) is 0 Å². The summed E-state index contributed by atoms with van der Waals surface area (Å²) in [6.45, 7) is 12.6. The van der Waals surface area contributed by atoms with E-state index in [1.165, 1.54) is 12.1 Å². The Morgan fingerprint density at radius 2 is 1.71 bits per heavy atom. The van der Waals surface area contributed by atoms with Crippen molar-refractivity contribution in [2.45, 2.75) is 53.5 Å². The second-order valence-corrected chi connectivity index (χ2v) is 8.93. The Morgan fingerprint density at radius 3 is 2.29 bits per heavy atom. The molecule has 0 aliphatic carbocycles. The third-order valence-electron chi connectivity index (χ3n) is 6.70. The number of urea groups is 1. The maximum atomic E-state index is 13.5. The first-order valence-electron chi connectivity index (χ1n) is 12.4. The van der Waals surface area contributed by atoms with Gasteiger partial charge < -0.3 is 20.0 Å². The van der Waals surface area contributed by atoms with Crippen molar-refractivity contribution in [3.63, 3.8) is 0 Å². The molecule has 3 amide bonds. The van der Waals surface area contributed by atoms with Crippen molar-refractivity contribution in [1.82, 2.24) is 15.1 Å². The van der Waals surface area contributed by atoms with Crippen LogP contribution in [0.15, 0.2) is 54.2 Å². The molecule has 1 saturated heterocycles. The van der Waals surface area contributed by atoms with Crippen molar-refractivity contribution < 1.29 is 14.0 Å². The fourth-order valence-electron chi connectivity index (χ4n) is 4.42. The molecule has 7 heteroatoms. The monoisotopic (exact) mass is 480 g/mol. The number of rotatable bonds is 7. The second-order valence-electron chi connectivity index (χ2n) is 8.93. The van der Waals surface area contributed by atoms with Crippen LogP contribution in [0.3, 0.4) is 0 Å². The van der Waals surface area contributed by atoms with Crippen molar-refractivity contribution in [2.75, 3.05) is 31.1 Å². The Bertz CT molecular complexity index is 1060. The molecule has 6 nitrogen and oxygen atoms in total. The Morgan fingerprint density at radius 1 is 1.09 bits per heavy atom. The molecule has 1 aliphatic rings. The van der Waals surface area contributed by atoms with Gasteiger partial charge in [-0.25, -0.2) is 9.18 Å².